The summed E-state index contributed by atoms with van der Waals surface area (Å²) in [6.07, 6.45) is -4.82. The normalized spacial score (nSPS) is 18.7. The summed E-state index contributed by atoms with van der Waals surface area (Å²) >= 11 is 0. The van der Waals surface area contributed by atoms with Crippen molar-refractivity contribution >= 4 is 11.9 Å². The number of rotatable bonds is 2. The van der Waals surface area contributed by atoms with E-state index in [9.17, 15) is 22.4 Å². The van der Waals surface area contributed by atoms with E-state index in [1.165, 1.54) is 0 Å². The van der Waals surface area contributed by atoms with E-state index in [1.807, 2.05) is 13.8 Å². The Kier molecular flexibility index (Phi) is 3.89. The van der Waals surface area contributed by atoms with Crippen molar-refractivity contribution in [2.75, 3.05) is 0 Å². The number of nitrogens with one attached hydrogen (secondary N) is 2. The Morgan fingerprint density at radius 2 is 2.00 bits per heavy atom. The van der Waals surface area contributed by atoms with Gasteiger partial charge in [-0.3, -0.25) is 10.1 Å². The Hall–Kier alpha value is -2.12. The molecule has 1 aromatic carbocycles. The number of aliphatic imine (C=N–C) groups is 1. The molecule has 0 bridgehead atoms. The molecule has 1 unspecified atom stereocenters. The van der Waals surface area contributed by atoms with Crippen molar-refractivity contribution in [3.8, 4) is 0 Å². The Bertz CT molecular complexity index is 596. The zero-order valence-electron chi connectivity index (χ0n) is 11.3. The molecule has 0 spiro atoms. The van der Waals surface area contributed by atoms with E-state index in [0.29, 0.717) is 12.1 Å². The molecule has 1 aliphatic heterocycles. The monoisotopic (exact) mass is 303 g/mol. The van der Waals surface area contributed by atoms with E-state index in [4.69, 9.17) is 0 Å². The molecule has 21 heavy (non-hydrogen) atoms. The van der Waals surface area contributed by atoms with Crippen LogP contribution in [0.25, 0.3) is 0 Å². The topological polar surface area (TPSA) is 53.5 Å². The van der Waals surface area contributed by atoms with Crippen LogP contribution in [0.5, 0.6) is 0 Å². The molecule has 114 valence electrons. The maximum absolute atomic E-state index is 13.2. The molecular formula is C13H13F4N3O. The zero-order valence-corrected chi connectivity index (χ0v) is 11.3. The van der Waals surface area contributed by atoms with Crippen LogP contribution in [-0.4, -0.2) is 17.9 Å². The summed E-state index contributed by atoms with van der Waals surface area (Å²) in [6.45, 7) is 3.64. The molecule has 8 heteroatoms. The molecule has 1 heterocycles. The first kappa shape index (κ1) is 15.3. The Morgan fingerprint density at radius 1 is 1.33 bits per heavy atom. The number of nitrogens with zero attached hydrogens (tertiary/aromatic N) is 1. The van der Waals surface area contributed by atoms with Crippen LogP contribution in [0.3, 0.4) is 0 Å². The van der Waals surface area contributed by atoms with Gasteiger partial charge in [0, 0.05) is 6.04 Å². The van der Waals surface area contributed by atoms with E-state index in [0.717, 1.165) is 6.07 Å². The number of carbonyl (C=O) groups excluding carboxylic acids is 1. The second kappa shape index (κ2) is 5.34. The molecule has 0 saturated carbocycles. The van der Waals surface area contributed by atoms with Crippen LogP contribution in [0.4, 0.5) is 17.6 Å². The van der Waals surface area contributed by atoms with Crippen molar-refractivity contribution in [1.82, 2.24) is 10.6 Å². The smallest absolute Gasteiger partial charge is 0.354 e. The van der Waals surface area contributed by atoms with Crippen LogP contribution in [0.15, 0.2) is 23.2 Å². The zero-order chi connectivity index (χ0) is 15.8. The van der Waals surface area contributed by atoms with Crippen LogP contribution in [-0.2, 0) is 11.0 Å². The summed E-state index contributed by atoms with van der Waals surface area (Å²) < 4.78 is 51.2. The maximum Gasteiger partial charge on any atom is 0.419 e. The van der Waals surface area contributed by atoms with Crippen LogP contribution in [0, 0.1) is 5.82 Å². The first-order valence-electron chi connectivity index (χ1n) is 6.20. The van der Waals surface area contributed by atoms with Crippen molar-refractivity contribution in [1.29, 1.82) is 0 Å². The average molecular weight is 303 g/mol. The summed E-state index contributed by atoms with van der Waals surface area (Å²) in [5.41, 5.74) is -1.42. The highest BCUT2D eigenvalue weighted by Gasteiger charge is 2.36. The van der Waals surface area contributed by atoms with Gasteiger partial charge in [0.15, 0.2) is 12.0 Å². The predicted octanol–water partition coefficient (Wildman–Crippen LogP) is 2.37. The Labute approximate surface area is 118 Å². The Morgan fingerprint density at radius 3 is 2.57 bits per heavy atom. The van der Waals surface area contributed by atoms with Gasteiger partial charge in [-0.1, -0.05) is 6.07 Å². The molecule has 1 aromatic rings. The number of hydrogen-bond donors (Lipinski definition) is 2. The van der Waals surface area contributed by atoms with Crippen LogP contribution >= 0.6 is 0 Å². The van der Waals surface area contributed by atoms with Crippen molar-refractivity contribution in [3.63, 3.8) is 0 Å². The number of alkyl halides is 3. The standard InChI is InChI=1S/C13H13F4N3O/c1-6(2)18-12-19-10(11(21)20-12)7-3-4-9(14)8(5-7)13(15,16)17/h3-6,10H,1-2H3,(H2,18,19,20,21). The van der Waals surface area contributed by atoms with E-state index in [2.05, 4.69) is 15.6 Å². The Balaban J connectivity index is 2.34. The largest absolute Gasteiger partial charge is 0.419 e. The second-order valence-corrected chi connectivity index (χ2v) is 4.91. The first-order valence-corrected chi connectivity index (χ1v) is 6.20. The first-order chi connectivity index (χ1) is 9.68. The quantitative estimate of drug-likeness (QED) is 0.824. The number of amides is 1. The third-order valence-electron chi connectivity index (χ3n) is 2.79. The van der Waals surface area contributed by atoms with Crippen molar-refractivity contribution in [2.24, 2.45) is 4.99 Å². The minimum absolute atomic E-state index is 0.00162. The van der Waals surface area contributed by atoms with E-state index < -0.39 is 29.5 Å². The maximum atomic E-state index is 13.2. The highest BCUT2D eigenvalue weighted by atomic mass is 19.4. The number of guanidine groups is 1. The average Bonchev–Trinajstić information content (AvgIpc) is 2.68. The molecule has 0 saturated heterocycles. The van der Waals surface area contributed by atoms with Gasteiger partial charge in [-0.15, -0.1) is 0 Å². The summed E-state index contributed by atoms with van der Waals surface area (Å²) in [4.78, 5) is 15.8. The van der Waals surface area contributed by atoms with Crippen LogP contribution < -0.4 is 10.6 Å². The molecule has 0 radical (unpaired) electrons. The third-order valence-corrected chi connectivity index (χ3v) is 2.79. The van der Waals surface area contributed by atoms with Crippen molar-refractivity contribution in [3.05, 3.63) is 35.1 Å². The van der Waals surface area contributed by atoms with Crippen molar-refractivity contribution < 1.29 is 22.4 Å². The summed E-state index contributed by atoms with van der Waals surface area (Å²) in [5.74, 6) is -1.75. The highest BCUT2D eigenvalue weighted by Crippen LogP contribution is 2.34. The lowest BCUT2D eigenvalue weighted by Gasteiger charge is -2.11. The fraction of sp³-hybridized carbons (Fsp3) is 0.385. The van der Waals surface area contributed by atoms with Gasteiger partial charge in [0.2, 0.25) is 0 Å². The minimum atomic E-state index is -4.82. The van der Waals surface area contributed by atoms with Gasteiger partial charge < -0.3 is 5.32 Å². The second-order valence-electron chi connectivity index (χ2n) is 4.91. The lowest BCUT2D eigenvalue weighted by Crippen LogP contribution is -2.40. The summed E-state index contributed by atoms with van der Waals surface area (Å²) in [5, 5.41) is 5.28. The van der Waals surface area contributed by atoms with E-state index in [1.54, 1.807) is 0 Å². The summed E-state index contributed by atoms with van der Waals surface area (Å²) in [7, 11) is 0. The third kappa shape index (κ3) is 3.32. The van der Waals surface area contributed by atoms with Gasteiger partial charge in [-0.25, -0.2) is 9.38 Å². The van der Waals surface area contributed by atoms with Crippen LogP contribution in [0.2, 0.25) is 0 Å². The molecule has 1 aliphatic rings. The minimum Gasteiger partial charge on any atom is -0.354 e. The summed E-state index contributed by atoms with van der Waals surface area (Å²) in [6, 6.07) is 1.31. The van der Waals surface area contributed by atoms with Crippen molar-refractivity contribution in [2.45, 2.75) is 32.1 Å². The van der Waals surface area contributed by atoms with E-state index >= 15 is 0 Å². The molecular weight excluding hydrogens is 290 g/mol. The number of benzene rings is 1. The van der Waals surface area contributed by atoms with Gasteiger partial charge in [-0.05, 0) is 31.5 Å². The van der Waals surface area contributed by atoms with Crippen LogP contribution in [0.1, 0.15) is 31.0 Å². The fourth-order valence-corrected chi connectivity index (χ4v) is 1.91. The molecule has 2 rings (SSSR count). The fourth-order valence-electron chi connectivity index (χ4n) is 1.91. The molecule has 1 amide bonds. The molecule has 1 atom stereocenters. The van der Waals surface area contributed by atoms with E-state index in [-0.39, 0.29) is 17.6 Å². The SMILES string of the molecule is CC(C)NC1=NC(c2ccc(F)c(C(F)(F)F)c2)C(=O)N1. The predicted molar refractivity (Wildman–Crippen MR) is 68.0 cm³/mol. The van der Waals surface area contributed by atoms with Gasteiger partial charge in [0.1, 0.15) is 5.82 Å². The lowest BCUT2D eigenvalue weighted by molar-refractivity contribution is -0.140. The number of hydrogen-bond acceptors (Lipinski definition) is 3. The number of carbonyl (C=O) groups is 1. The molecule has 0 aliphatic carbocycles. The molecule has 4 nitrogen and oxygen atoms in total. The van der Waals surface area contributed by atoms with Gasteiger partial charge >= 0.3 is 6.18 Å². The molecule has 0 aromatic heterocycles. The lowest BCUT2D eigenvalue weighted by atomic mass is 10.0. The van der Waals surface area contributed by atoms with Gasteiger partial charge in [0.25, 0.3) is 5.91 Å². The van der Waals surface area contributed by atoms with Gasteiger partial charge in [-0.2, -0.15) is 13.2 Å². The molecule has 0 fully saturated rings. The number of halogens is 4. The highest BCUT2D eigenvalue weighted by molar-refractivity contribution is 6.05. The molecule has 2 N–H and O–H groups in total. The van der Waals surface area contributed by atoms with Gasteiger partial charge in [0.05, 0.1) is 5.56 Å².